The summed E-state index contributed by atoms with van der Waals surface area (Å²) in [4.78, 5) is 25.1. The Morgan fingerprint density at radius 2 is 0.725 bits per heavy atom. The Morgan fingerprint density at radius 3 is 1.02 bits per heavy atom. The first-order valence-electron chi connectivity index (χ1n) is 18.4. The molecular formula is C37H71NO2. The second kappa shape index (κ2) is 28.4. The summed E-state index contributed by atoms with van der Waals surface area (Å²) in [6, 6.07) is 0.589. The fourth-order valence-corrected chi connectivity index (χ4v) is 6.51. The number of rotatable bonds is 30. The van der Waals surface area contributed by atoms with Crippen molar-refractivity contribution in [2.45, 2.75) is 225 Å². The maximum absolute atomic E-state index is 12.6. The van der Waals surface area contributed by atoms with Gasteiger partial charge in [0, 0.05) is 37.8 Å². The molecule has 236 valence electrons. The Kier molecular flexibility index (Phi) is 26.5. The van der Waals surface area contributed by atoms with E-state index in [2.05, 4.69) is 19.2 Å². The molecule has 3 nitrogen and oxygen atoms in total. The standard InChI is InChI=1S/C37H71NO2/c1-3-5-7-9-11-13-15-17-19-21-23-25-30-36(39)32-34-28-27-29-35(38-34)33-37(40)31-26-24-22-20-18-16-14-12-10-8-6-4-2/h34-35,38H,3-33H2,1-2H3. The molecule has 1 rings (SSSR count). The fraction of sp³-hybridized carbons (Fsp3) is 0.946. The Balaban J connectivity index is 1.95. The lowest BCUT2D eigenvalue weighted by atomic mass is 9.91. The average Bonchev–Trinajstić information content (AvgIpc) is 2.94. The van der Waals surface area contributed by atoms with Crippen molar-refractivity contribution in [2.24, 2.45) is 0 Å². The van der Waals surface area contributed by atoms with Crippen LogP contribution in [-0.4, -0.2) is 23.7 Å². The smallest absolute Gasteiger partial charge is 0.134 e. The van der Waals surface area contributed by atoms with Gasteiger partial charge in [0.25, 0.3) is 0 Å². The van der Waals surface area contributed by atoms with Crippen molar-refractivity contribution in [3.05, 3.63) is 0 Å². The van der Waals surface area contributed by atoms with Gasteiger partial charge in [0.05, 0.1) is 0 Å². The molecule has 1 aliphatic heterocycles. The number of piperidine rings is 1. The van der Waals surface area contributed by atoms with Crippen LogP contribution in [-0.2, 0) is 9.59 Å². The van der Waals surface area contributed by atoms with Crippen molar-refractivity contribution >= 4 is 11.6 Å². The highest BCUT2D eigenvalue weighted by molar-refractivity contribution is 5.79. The Labute approximate surface area is 251 Å². The van der Waals surface area contributed by atoms with Gasteiger partial charge in [0.2, 0.25) is 0 Å². The van der Waals surface area contributed by atoms with E-state index in [1.54, 1.807) is 0 Å². The van der Waals surface area contributed by atoms with Crippen LogP contribution in [0.4, 0.5) is 0 Å². The number of unbranched alkanes of at least 4 members (excludes halogenated alkanes) is 22. The van der Waals surface area contributed by atoms with E-state index in [1.165, 1.54) is 141 Å². The summed E-state index contributed by atoms with van der Waals surface area (Å²) in [6.07, 6.45) is 38.2. The van der Waals surface area contributed by atoms with Gasteiger partial charge in [-0.05, 0) is 25.7 Å². The monoisotopic (exact) mass is 562 g/mol. The Bertz CT molecular complexity index is 527. The maximum atomic E-state index is 12.6. The van der Waals surface area contributed by atoms with E-state index in [-0.39, 0.29) is 0 Å². The summed E-state index contributed by atoms with van der Waals surface area (Å²) in [5, 5.41) is 3.67. The van der Waals surface area contributed by atoms with Gasteiger partial charge >= 0.3 is 0 Å². The number of carbonyl (C=O) groups is 2. The molecule has 1 aliphatic rings. The number of hydrogen-bond donors (Lipinski definition) is 1. The van der Waals surface area contributed by atoms with Crippen LogP contribution in [0.1, 0.15) is 213 Å². The predicted molar refractivity (Wildman–Crippen MR) is 175 cm³/mol. The van der Waals surface area contributed by atoms with Crippen LogP contribution in [0.5, 0.6) is 0 Å². The van der Waals surface area contributed by atoms with E-state index in [9.17, 15) is 9.59 Å². The van der Waals surface area contributed by atoms with Crippen molar-refractivity contribution in [1.29, 1.82) is 0 Å². The first-order chi connectivity index (χ1) is 19.7. The zero-order valence-corrected chi connectivity index (χ0v) is 27.4. The third kappa shape index (κ3) is 24.0. The van der Waals surface area contributed by atoms with E-state index in [0.29, 0.717) is 36.5 Å². The van der Waals surface area contributed by atoms with E-state index in [1.807, 2.05) is 0 Å². The Morgan fingerprint density at radius 1 is 0.450 bits per heavy atom. The molecule has 0 saturated carbocycles. The van der Waals surface area contributed by atoms with Gasteiger partial charge in [0.15, 0.2) is 0 Å². The highest BCUT2D eigenvalue weighted by Crippen LogP contribution is 2.20. The molecule has 0 aliphatic carbocycles. The van der Waals surface area contributed by atoms with Gasteiger partial charge in [-0.3, -0.25) is 9.59 Å². The van der Waals surface area contributed by atoms with Crippen LogP contribution in [0.25, 0.3) is 0 Å². The highest BCUT2D eigenvalue weighted by atomic mass is 16.1. The van der Waals surface area contributed by atoms with Crippen LogP contribution >= 0.6 is 0 Å². The van der Waals surface area contributed by atoms with Gasteiger partial charge in [-0.15, -0.1) is 0 Å². The van der Waals surface area contributed by atoms with Crippen molar-refractivity contribution in [2.75, 3.05) is 0 Å². The number of Topliss-reactive ketones (excluding diaryl/α,β-unsaturated/α-hetero) is 2. The first-order valence-corrected chi connectivity index (χ1v) is 18.4. The molecule has 40 heavy (non-hydrogen) atoms. The third-order valence-electron chi connectivity index (χ3n) is 9.14. The van der Waals surface area contributed by atoms with Crippen LogP contribution in [0.15, 0.2) is 0 Å². The summed E-state index contributed by atoms with van der Waals surface area (Å²) >= 11 is 0. The SMILES string of the molecule is CCCCCCCCCCCCCCC(=O)CC1CCCC(CC(=O)CCCCCCCCCCCCCC)N1. The van der Waals surface area contributed by atoms with Gasteiger partial charge in [-0.1, -0.05) is 162 Å². The van der Waals surface area contributed by atoms with Crippen molar-refractivity contribution in [3.8, 4) is 0 Å². The molecule has 1 heterocycles. The molecule has 0 aromatic carbocycles. The van der Waals surface area contributed by atoms with Gasteiger partial charge in [-0.25, -0.2) is 0 Å². The highest BCUT2D eigenvalue weighted by Gasteiger charge is 2.24. The predicted octanol–water partition coefficient (Wildman–Crippen LogP) is 11.6. The minimum atomic E-state index is 0.294. The molecule has 2 atom stereocenters. The molecule has 0 amide bonds. The summed E-state index contributed by atoms with van der Waals surface area (Å²) < 4.78 is 0. The Hall–Kier alpha value is -0.700. The van der Waals surface area contributed by atoms with E-state index in [4.69, 9.17) is 0 Å². The van der Waals surface area contributed by atoms with E-state index < -0.39 is 0 Å². The zero-order valence-electron chi connectivity index (χ0n) is 27.4. The number of carbonyl (C=O) groups excluding carboxylic acids is 2. The molecule has 3 heteroatoms. The third-order valence-corrected chi connectivity index (χ3v) is 9.14. The van der Waals surface area contributed by atoms with Crippen molar-refractivity contribution in [3.63, 3.8) is 0 Å². The molecule has 0 aromatic heterocycles. The largest absolute Gasteiger partial charge is 0.310 e. The minimum absolute atomic E-state index is 0.294. The molecular weight excluding hydrogens is 490 g/mol. The van der Waals surface area contributed by atoms with Gasteiger partial charge < -0.3 is 5.32 Å². The normalized spacial score (nSPS) is 17.4. The van der Waals surface area contributed by atoms with Crippen LogP contribution in [0.2, 0.25) is 0 Å². The molecule has 1 fully saturated rings. The second-order valence-electron chi connectivity index (χ2n) is 13.3. The summed E-state index contributed by atoms with van der Waals surface area (Å²) in [5.41, 5.74) is 0. The lowest BCUT2D eigenvalue weighted by molar-refractivity contribution is -0.119. The quantitative estimate of drug-likeness (QED) is 0.0887. The maximum Gasteiger partial charge on any atom is 0.134 e. The summed E-state index contributed by atoms with van der Waals surface area (Å²) in [5.74, 6) is 0.848. The number of nitrogens with one attached hydrogen (secondary N) is 1. The molecule has 0 aromatic rings. The first kappa shape index (κ1) is 37.3. The van der Waals surface area contributed by atoms with Crippen molar-refractivity contribution in [1.82, 2.24) is 5.32 Å². The topological polar surface area (TPSA) is 46.2 Å². The van der Waals surface area contributed by atoms with Gasteiger partial charge in [0.1, 0.15) is 11.6 Å². The molecule has 0 spiro atoms. The fourth-order valence-electron chi connectivity index (χ4n) is 6.51. The number of hydrogen-bond acceptors (Lipinski definition) is 3. The molecule has 0 bridgehead atoms. The lowest BCUT2D eigenvalue weighted by Crippen LogP contribution is -2.44. The molecule has 1 N–H and O–H groups in total. The lowest BCUT2D eigenvalue weighted by Gasteiger charge is -2.30. The minimum Gasteiger partial charge on any atom is -0.310 e. The van der Waals surface area contributed by atoms with E-state index in [0.717, 1.165) is 44.9 Å². The van der Waals surface area contributed by atoms with Crippen molar-refractivity contribution < 1.29 is 9.59 Å². The van der Waals surface area contributed by atoms with Crippen LogP contribution in [0.3, 0.4) is 0 Å². The summed E-state index contributed by atoms with van der Waals surface area (Å²) in [7, 11) is 0. The number of ketones is 2. The average molecular weight is 562 g/mol. The summed E-state index contributed by atoms with van der Waals surface area (Å²) in [6.45, 7) is 4.56. The molecule has 0 radical (unpaired) electrons. The zero-order chi connectivity index (χ0) is 28.9. The van der Waals surface area contributed by atoms with Crippen LogP contribution in [0, 0.1) is 0 Å². The van der Waals surface area contributed by atoms with E-state index >= 15 is 0 Å². The van der Waals surface area contributed by atoms with Crippen LogP contribution < -0.4 is 5.32 Å². The molecule has 2 unspecified atom stereocenters. The second-order valence-corrected chi connectivity index (χ2v) is 13.3. The molecule has 1 saturated heterocycles. The van der Waals surface area contributed by atoms with Gasteiger partial charge in [-0.2, -0.15) is 0 Å².